The highest BCUT2D eigenvalue weighted by atomic mass is 32.1. The molecular weight excluding hydrogens is 374 g/mol. The first kappa shape index (κ1) is 21.5. The van der Waals surface area contributed by atoms with Crippen molar-refractivity contribution < 1.29 is 14.3 Å². The Bertz CT molecular complexity index is 794. The molecule has 0 aliphatic heterocycles. The lowest BCUT2D eigenvalue weighted by molar-refractivity contribution is -0.119. The van der Waals surface area contributed by atoms with Gasteiger partial charge in [0, 0.05) is 24.5 Å². The zero-order valence-electron chi connectivity index (χ0n) is 16.2. The molecule has 7 heteroatoms. The van der Waals surface area contributed by atoms with Crippen LogP contribution in [0.2, 0.25) is 0 Å². The predicted octanol–water partition coefficient (Wildman–Crippen LogP) is 3.86. The molecule has 0 radical (unpaired) electrons. The number of nitrogens with zero attached hydrogens (tertiary/aromatic N) is 2. The van der Waals surface area contributed by atoms with Crippen LogP contribution in [-0.2, 0) is 16.1 Å². The maximum atomic E-state index is 12.1. The highest BCUT2D eigenvalue weighted by Gasteiger charge is 2.16. The SMILES string of the molecule is CCCCC(=O)NC(=S)N(Cc1cccnc1)c1ccc(C(=O)OCC)cc1. The van der Waals surface area contributed by atoms with Crippen molar-refractivity contribution in [1.29, 1.82) is 0 Å². The van der Waals surface area contributed by atoms with Gasteiger partial charge >= 0.3 is 5.97 Å². The minimum atomic E-state index is -0.372. The number of nitrogens with one attached hydrogen (secondary N) is 1. The van der Waals surface area contributed by atoms with Crippen LogP contribution in [0.15, 0.2) is 48.8 Å². The highest BCUT2D eigenvalue weighted by Crippen LogP contribution is 2.19. The molecule has 1 heterocycles. The van der Waals surface area contributed by atoms with E-state index in [1.54, 1.807) is 43.6 Å². The summed E-state index contributed by atoms with van der Waals surface area (Å²) in [6, 6.07) is 10.7. The number of carbonyl (C=O) groups is 2. The second-order valence-electron chi connectivity index (χ2n) is 6.17. The number of hydrogen-bond donors (Lipinski definition) is 1. The van der Waals surface area contributed by atoms with E-state index in [1.165, 1.54) is 0 Å². The molecule has 1 N–H and O–H groups in total. The summed E-state index contributed by atoms with van der Waals surface area (Å²) in [5.74, 6) is -0.477. The molecule has 1 aromatic heterocycles. The lowest BCUT2D eigenvalue weighted by Crippen LogP contribution is -2.42. The molecule has 1 aromatic carbocycles. The molecule has 28 heavy (non-hydrogen) atoms. The number of ether oxygens (including phenoxy) is 1. The number of pyridine rings is 1. The van der Waals surface area contributed by atoms with Crippen LogP contribution in [0.1, 0.15) is 49.0 Å². The first-order chi connectivity index (χ1) is 13.5. The first-order valence-electron chi connectivity index (χ1n) is 9.32. The van der Waals surface area contributed by atoms with E-state index >= 15 is 0 Å². The predicted molar refractivity (Wildman–Crippen MR) is 113 cm³/mol. The molecule has 0 aliphatic carbocycles. The van der Waals surface area contributed by atoms with Gasteiger partial charge in [-0.1, -0.05) is 19.4 Å². The van der Waals surface area contributed by atoms with Crippen molar-refractivity contribution in [2.45, 2.75) is 39.7 Å². The Morgan fingerprint density at radius 3 is 2.54 bits per heavy atom. The molecule has 2 rings (SSSR count). The van der Waals surface area contributed by atoms with E-state index in [-0.39, 0.29) is 11.9 Å². The van der Waals surface area contributed by atoms with E-state index in [2.05, 4.69) is 10.3 Å². The van der Waals surface area contributed by atoms with E-state index in [9.17, 15) is 9.59 Å². The molecule has 0 spiro atoms. The fourth-order valence-corrected chi connectivity index (χ4v) is 2.82. The summed E-state index contributed by atoms with van der Waals surface area (Å²) < 4.78 is 5.02. The van der Waals surface area contributed by atoms with Gasteiger partial charge < -0.3 is 15.0 Å². The smallest absolute Gasteiger partial charge is 0.338 e. The maximum absolute atomic E-state index is 12.1. The number of thiocarbonyl (C=S) groups is 1. The number of anilines is 1. The number of esters is 1. The molecule has 1 amide bonds. The van der Waals surface area contributed by atoms with Gasteiger partial charge in [0.1, 0.15) is 0 Å². The van der Waals surface area contributed by atoms with E-state index in [0.29, 0.717) is 30.2 Å². The van der Waals surface area contributed by atoms with E-state index in [1.807, 2.05) is 24.0 Å². The summed E-state index contributed by atoms with van der Waals surface area (Å²) >= 11 is 5.49. The third-order valence-electron chi connectivity index (χ3n) is 4.00. The Kier molecular flexibility index (Phi) is 8.55. The number of amides is 1. The van der Waals surface area contributed by atoms with Crippen LogP contribution in [0.5, 0.6) is 0 Å². The Hall–Kier alpha value is -2.80. The third kappa shape index (κ3) is 6.42. The number of benzene rings is 1. The molecule has 0 unspecified atom stereocenters. The second kappa shape index (κ2) is 11.1. The lowest BCUT2D eigenvalue weighted by Gasteiger charge is -2.25. The molecule has 6 nitrogen and oxygen atoms in total. The van der Waals surface area contributed by atoms with E-state index < -0.39 is 0 Å². The van der Waals surface area contributed by atoms with Gasteiger partial charge in [-0.15, -0.1) is 0 Å². The summed E-state index contributed by atoms with van der Waals surface area (Å²) in [5.41, 5.74) is 2.17. The van der Waals surface area contributed by atoms with Gasteiger partial charge in [0.05, 0.1) is 18.7 Å². The van der Waals surface area contributed by atoms with Crippen molar-refractivity contribution in [2.75, 3.05) is 11.5 Å². The molecule has 148 valence electrons. The second-order valence-corrected chi connectivity index (χ2v) is 6.56. The summed E-state index contributed by atoms with van der Waals surface area (Å²) in [5, 5.41) is 3.11. The molecule has 0 atom stereocenters. The van der Waals surface area contributed by atoms with Crippen LogP contribution in [0, 0.1) is 0 Å². The lowest BCUT2D eigenvalue weighted by atomic mass is 10.2. The van der Waals surface area contributed by atoms with Crippen molar-refractivity contribution in [1.82, 2.24) is 10.3 Å². The summed E-state index contributed by atoms with van der Waals surface area (Å²) in [6.07, 6.45) is 5.63. The van der Waals surface area contributed by atoms with Gasteiger partial charge in [0.15, 0.2) is 5.11 Å². The summed E-state index contributed by atoms with van der Waals surface area (Å²) in [7, 11) is 0. The molecule has 0 saturated carbocycles. The van der Waals surface area contributed by atoms with Gasteiger partial charge in [-0.05, 0) is 61.5 Å². The Morgan fingerprint density at radius 1 is 1.18 bits per heavy atom. The largest absolute Gasteiger partial charge is 0.462 e. The van der Waals surface area contributed by atoms with Crippen LogP contribution < -0.4 is 10.2 Å². The molecular formula is C21H25N3O3S. The monoisotopic (exact) mass is 399 g/mol. The average molecular weight is 400 g/mol. The van der Waals surface area contributed by atoms with Gasteiger partial charge in [0.25, 0.3) is 0 Å². The normalized spacial score (nSPS) is 10.2. The average Bonchev–Trinajstić information content (AvgIpc) is 2.71. The standard InChI is InChI=1S/C21H25N3O3S/c1-3-5-8-19(25)23-21(28)24(15-16-7-6-13-22-14-16)18-11-9-17(10-12-18)20(26)27-4-2/h6-7,9-14H,3-5,8,15H2,1-2H3,(H,23,25,28). The number of carbonyl (C=O) groups excluding carboxylic acids is 2. The zero-order chi connectivity index (χ0) is 20.4. The molecule has 0 saturated heterocycles. The van der Waals surface area contributed by atoms with Crippen LogP contribution in [-0.4, -0.2) is 28.6 Å². The molecule has 0 bridgehead atoms. The summed E-state index contributed by atoms with van der Waals surface area (Å²) in [6.45, 7) is 4.56. The van der Waals surface area contributed by atoms with E-state index in [4.69, 9.17) is 17.0 Å². The van der Waals surface area contributed by atoms with Crippen LogP contribution >= 0.6 is 12.2 Å². The number of rotatable bonds is 8. The van der Waals surface area contributed by atoms with Gasteiger partial charge in [-0.3, -0.25) is 9.78 Å². The quantitative estimate of drug-likeness (QED) is 0.537. The molecule has 0 aliphatic rings. The van der Waals surface area contributed by atoms with Crippen LogP contribution in [0.3, 0.4) is 0 Å². The molecule has 0 fully saturated rings. The fourth-order valence-electron chi connectivity index (χ4n) is 2.53. The third-order valence-corrected chi connectivity index (χ3v) is 4.32. The van der Waals surface area contributed by atoms with E-state index in [0.717, 1.165) is 24.1 Å². The molecule has 2 aromatic rings. The van der Waals surface area contributed by atoms with Crippen molar-refractivity contribution >= 4 is 34.9 Å². The fraction of sp³-hybridized carbons (Fsp3) is 0.333. The van der Waals surface area contributed by atoms with Gasteiger partial charge in [0.2, 0.25) is 5.91 Å². The Labute approximate surface area is 170 Å². The van der Waals surface area contributed by atoms with Gasteiger partial charge in [-0.2, -0.15) is 0 Å². The number of aromatic nitrogens is 1. The zero-order valence-corrected chi connectivity index (χ0v) is 17.0. The van der Waals surface area contributed by atoms with Crippen molar-refractivity contribution in [3.63, 3.8) is 0 Å². The van der Waals surface area contributed by atoms with Crippen LogP contribution in [0.25, 0.3) is 0 Å². The van der Waals surface area contributed by atoms with Crippen molar-refractivity contribution in [3.8, 4) is 0 Å². The minimum absolute atomic E-state index is 0.105. The topological polar surface area (TPSA) is 71.5 Å². The van der Waals surface area contributed by atoms with Crippen LogP contribution in [0.4, 0.5) is 5.69 Å². The maximum Gasteiger partial charge on any atom is 0.338 e. The first-order valence-corrected chi connectivity index (χ1v) is 9.73. The minimum Gasteiger partial charge on any atom is -0.462 e. The Balaban J connectivity index is 2.21. The van der Waals surface area contributed by atoms with Gasteiger partial charge in [-0.25, -0.2) is 4.79 Å². The number of hydrogen-bond acceptors (Lipinski definition) is 5. The van der Waals surface area contributed by atoms with Crippen molar-refractivity contribution in [3.05, 3.63) is 59.9 Å². The Morgan fingerprint density at radius 2 is 1.93 bits per heavy atom. The highest BCUT2D eigenvalue weighted by molar-refractivity contribution is 7.80. The summed E-state index contributed by atoms with van der Waals surface area (Å²) in [4.78, 5) is 29.9. The van der Waals surface area contributed by atoms with Crippen molar-refractivity contribution in [2.24, 2.45) is 0 Å². The number of unbranched alkanes of at least 4 members (excludes halogenated alkanes) is 1.